The van der Waals surface area contributed by atoms with Gasteiger partial charge in [0.25, 0.3) is 0 Å². The number of hydrogen-bond donors (Lipinski definition) is 2. The molecule has 0 radical (unpaired) electrons. The van der Waals surface area contributed by atoms with Crippen molar-refractivity contribution >= 4 is 72.5 Å². The molecule has 0 atom stereocenters. The Kier molecular flexibility index (Phi) is 20.1. The predicted molar refractivity (Wildman–Crippen MR) is 244 cm³/mol. The Labute approximate surface area is 364 Å². The van der Waals surface area contributed by atoms with Gasteiger partial charge in [-0.3, -0.25) is 0 Å². The standard InChI is InChI=1S/2C24H27OP.2ClH.Zr/c2*1-17(2)19-15-22(18(3)4)24(25)23(16-19)26(20-11-7-5-8-12-20)21-13-9-6-10-14-21;;;/h2*5-18,25H,1-4H3;2*1H;. The van der Waals surface area contributed by atoms with Crippen molar-refractivity contribution in [3.63, 3.8) is 0 Å². The van der Waals surface area contributed by atoms with Crippen LogP contribution in [0.25, 0.3) is 0 Å². The van der Waals surface area contributed by atoms with Gasteiger partial charge in [-0.05, 0) is 95.1 Å². The molecule has 0 saturated heterocycles. The van der Waals surface area contributed by atoms with Gasteiger partial charge in [-0.15, -0.1) is 24.8 Å². The quantitative estimate of drug-likeness (QED) is 0.135. The van der Waals surface area contributed by atoms with Crippen LogP contribution in [-0.2, 0) is 26.2 Å². The van der Waals surface area contributed by atoms with E-state index in [2.05, 4.69) is 177 Å². The molecule has 0 saturated carbocycles. The van der Waals surface area contributed by atoms with Crippen LogP contribution < -0.4 is 31.8 Å². The van der Waals surface area contributed by atoms with Crippen molar-refractivity contribution in [3.05, 3.63) is 168 Å². The van der Waals surface area contributed by atoms with Gasteiger partial charge in [0.05, 0.1) is 0 Å². The number of phenolic OH excluding ortho intramolecular Hbond substituents is 2. The van der Waals surface area contributed by atoms with Crippen molar-refractivity contribution in [1.29, 1.82) is 0 Å². The van der Waals surface area contributed by atoms with Gasteiger partial charge in [0, 0.05) is 36.8 Å². The Morgan fingerprint density at radius 1 is 0.364 bits per heavy atom. The van der Waals surface area contributed by atoms with Crippen molar-refractivity contribution in [2.75, 3.05) is 0 Å². The summed E-state index contributed by atoms with van der Waals surface area (Å²) < 4.78 is 0. The number of phenols is 2. The fourth-order valence-corrected chi connectivity index (χ4v) is 11.2. The molecule has 0 aliphatic carbocycles. The predicted octanol–water partition coefficient (Wildman–Crippen LogP) is 11.6. The molecule has 0 bridgehead atoms. The molecule has 0 aromatic heterocycles. The summed E-state index contributed by atoms with van der Waals surface area (Å²) in [6, 6.07) is 51.1. The second-order valence-corrected chi connectivity index (χ2v) is 19.0. The fourth-order valence-electron chi connectivity index (χ4n) is 6.38. The second kappa shape index (κ2) is 22.8. The van der Waals surface area contributed by atoms with E-state index in [1.54, 1.807) is 0 Å². The number of benzene rings is 6. The summed E-state index contributed by atoms with van der Waals surface area (Å²) in [5.41, 5.74) is 4.68. The summed E-state index contributed by atoms with van der Waals surface area (Å²) in [5, 5.41) is 29.5. The van der Waals surface area contributed by atoms with Gasteiger partial charge in [0.15, 0.2) is 0 Å². The van der Waals surface area contributed by atoms with Gasteiger partial charge in [0.1, 0.15) is 11.5 Å². The zero-order valence-corrected chi connectivity index (χ0v) is 39.2. The van der Waals surface area contributed by atoms with E-state index < -0.39 is 15.8 Å². The van der Waals surface area contributed by atoms with E-state index >= 15 is 0 Å². The smallest absolute Gasteiger partial charge is 0.127 e. The number of halogens is 2. The molecule has 7 heteroatoms. The Morgan fingerprint density at radius 2 is 0.600 bits per heavy atom. The van der Waals surface area contributed by atoms with Gasteiger partial charge in [-0.1, -0.05) is 189 Å². The molecule has 0 heterocycles. The van der Waals surface area contributed by atoms with Crippen molar-refractivity contribution in [3.8, 4) is 11.5 Å². The molecule has 55 heavy (non-hydrogen) atoms. The minimum absolute atomic E-state index is 0. The number of rotatable bonds is 10. The molecule has 6 rings (SSSR count). The average molecular weight is 889 g/mol. The molecule has 288 valence electrons. The molecule has 2 N–H and O–H groups in total. The van der Waals surface area contributed by atoms with Crippen LogP contribution in [0.3, 0.4) is 0 Å². The largest absolute Gasteiger partial charge is 0.507 e. The van der Waals surface area contributed by atoms with Crippen molar-refractivity contribution in [2.24, 2.45) is 0 Å². The van der Waals surface area contributed by atoms with Crippen LogP contribution in [0.2, 0.25) is 0 Å². The fraction of sp³-hybridized carbons (Fsp3) is 0.250. The maximum absolute atomic E-state index is 11.2. The Morgan fingerprint density at radius 3 is 0.800 bits per heavy atom. The van der Waals surface area contributed by atoms with Crippen molar-refractivity contribution in [1.82, 2.24) is 0 Å². The first kappa shape index (κ1) is 48.4. The summed E-state index contributed by atoms with van der Waals surface area (Å²) in [7, 11) is -1.60. The van der Waals surface area contributed by atoms with Gasteiger partial charge in [0.2, 0.25) is 0 Å². The van der Waals surface area contributed by atoms with Gasteiger partial charge >= 0.3 is 0 Å². The molecule has 0 aliphatic rings. The summed E-state index contributed by atoms with van der Waals surface area (Å²) >= 11 is 0. The molecular weight excluding hydrogens is 833 g/mol. The molecule has 0 aliphatic heterocycles. The van der Waals surface area contributed by atoms with Gasteiger partial charge in [-0.2, -0.15) is 0 Å². The first-order valence-electron chi connectivity index (χ1n) is 18.5. The van der Waals surface area contributed by atoms with Crippen LogP contribution in [0.15, 0.2) is 146 Å². The summed E-state index contributed by atoms with van der Waals surface area (Å²) in [6.07, 6.45) is 0. The minimum Gasteiger partial charge on any atom is -0.507 e. The van der Waals surface area contributed by atoms with Crippen molar-refractivity contribution < 1.29 is 36.4 Å². The molecule has 0 amide bonds. The normalized spacial score (nSPS) is 10.9. The zero-order chi connectivity index (χ0) is 37.4. The van der Waals surface area contributed by atoms with E-state index in [1.165, 1.54) is 32.3 Å². The van der Waals surface area contributed by atoms with E-state index in [9.17, 15) is 10.2 Å². The minimum atomic E-state index is -0.799. The number of hydrogen-bond acceptors (Lipinski definition) is 2. The van der Waals surface area contributed by atoms with Gasteiger partial charge in [-0.25, -0.2) is 0 Å². The van der Waals surface area contributed by atoms with E-state index in [-0.39, 0.29) is 62.9 Å². The maximum Gasteiger partial charge on any atom is 0.127 e. The van der Waals surface area contributed by atoms with Crippen LogP contribution in [0.4, 0.5) is 0 Å². The van der Waals surface area contributed by atoms with Crippen LogP contribution in [-0.4, -0.2) is 10.2 Å². The molecule has 0 unspecified atom stereocenters. The Balaban J connectivity index is 0.000000360. The van der Waals surface area contributed by atoms with Crippen LogP contribution in [0.5, 0.6) is 11.5 Å². The maximum atomic E-state index is 11.2. The van der Waals surface area contributed by atoms with E-state index in [1.807, 2.05) is 24.3 Å². The molecule has 2 nitrogen and oxygen atoms in total. The zero-order valence-electron chi connectivity index (χ0n) is 33.3. The summed E-state index contributed by atoms with van der Waals surface area (Å²) in [5.74, 6) is 2.35. The molecule has 6 aromatic carbocycles. The molecule has 0 spiro atoms. The summed E-state index contributed by atoms with van der Waals surface area (Å²) in [4.78, 5) is 0. The van der Waals surface area contributed by atoms with E-state index in [0.717, 1.165) is 21.7 Å². The summed E-state index contributed by atoms with van der Waals surface area (Å²) in [6.45, 7) is 17.5. The van der Waals surface area contributed by atoms with Crippen LogP contribution >= 0.6 is 40.7 Å². The van der Waals surface area contributed by atoms with E-state index in [4.69, 9.17) is 0 Å². The SMILES string of the molecule is CC(C)c1cc(C(C)C)c(O)c(P(c2ccccc2)c2ccccc2)c1.CC(C)c1cc(C(C)C)c(O)c(P(c2ccccc2)c2ccccc2)c1.Cl.Cl.[Zr]. The third-order valence-corrected chi connectivity index (χ3v) is 14.3. The molecular formula is C48H56Cl2O2P2Zr. The average Bonchev–Trinajstić information content (AvgIpc) is 3.15. The van der Waals surface area contributed by atoms with Gasteiger partial charge < -0.3 is 10.2 Å². The number of aromatic hydroxyl groups is 2. The Bertz CT molecular complexity index is 1800. The first-order chi connectivity index (χ1) is 25.0. The second-order valence-electron chi connectivity index (χ2n) is 14.6. The van der Waals surface area contributed by atoms with Crippen LogP contribution in [0, 0.1) is 0 Å². The van der Waals surface area contributed by atoms with Crippen molar-refractivity contribution in [2.45, 2.75) is 79.1 Å². The first-order valence-corrected chi connectivity index (χ1v) is 21.2. The molecule has 0 fully saturated rings. The van der Waals surface area contributed by atoms with E-state index in [0.29, 0.717) is 23.3 Å². The Hall–Kier alpha value is -2.76. The third-order valence-electron chi connectivity index (χ3n) is 9.40. The monoisotopic (exact) mass is 886 g/mol. The van der Waals surface area contributed by atoms with Crippen LogP contribution in [0.1, 0.15) is 101 Å². The molecule has 6 aromatic rings. The topological polar surface area (TPSA) is 40.5 Å². The third kappa shape index (κ3) is 12.1.